The van der Waals surface area contributed by atoms with Crippen LogP contribution in [0.5, 0.6) is 0 Å². The number of para-hydroxylation sites is 2. The third kappa shape index (κ3) is 3.92. The molecule has 0 aliphatic carbocycles. The Hall–Kier alpha value is -5.45. The molecule has 0 radical (unpaired) electrons. The van der Waals surface area contributed by atoms with Crippen molar-refractivity contribution >= 4 is 28.8 Å². The summed E-state index contributed by atoms with van der Waals surface area (Å²) in [5.41, 5.74) is 12.6. The number of benzene rings is 5. The maximum absolute atomic E-state index is 4.45. The molecule has 4 heterocycles. The van der Waals surface area contributed by atoms with Gasteiger partial charge in [0.05, 0.1) is 16.8 Å². The highest BCUT2D eigenvalue weighted by Crippen LogP contribution is 2.62. The fourth-order valence-electron chi connectivity index (χ4n) is 7.24. The fraction of sp³-hybridized carbons (Fsp3) is 0.0244. The summed E-state index contributed by atoms with van der Waals surface area (Å²) in [5.74, 6) is 0. The van der Waals surface area contributed by atoms with Crippen molar-refractivity contribution in [1.29, 1.82) is 0 Å². The first-order valence-corrected chi connectivity index (χ1v) is 16.0. The van der Waals surface area contributed by atoms with E-state index >= 15 is 0 Å². The average Bonchev–Trinajstić information content (AvgIpc) is 3.12. The minimum atomic E-state index is -0.463. The van der Waals surface area contributed by atoms with Crippen LogP contribution in [0.2, 0.25) is 0 Å². The first-order valence-electron chi connectivity index (χ1n) is 15.1. The first kappa shape index (κ1) is 26.0. The van der Waals surface area contributed by atoms with Gasteiger partial charge in [0.2, 0.25) is 0 Å². The Morgan fingerprint density at radius 3 is 1.40 bits per heavy atom. The topological polar surface area (TPSA) is 29.0 Å². The van der Waals surface area contributed by atoms with Gasteiger partial charge in [0, 0.05) is 51.4 Å². The molecule has 2 aromatic heterocycles. The highest BCUT2D eigenvalue weighted by Gasteiger charge is 2.50. The zero-order chi connectivity index (χ0) is 29.8. The quantitative estimate of drug-likeness (QED) is 0.204. The zero-order valence-corrected chi connectivity index (χ0v) is 25.2. The maximum Gasteiger partial charge on any atom is 0.0764 e. The van der Waals surface area contributed by atoms with Crippen molar-refractivity contribution in [3.63, 3.8) is 0 Å². The number of pyridine rings is 2. The van der Waals surface area contributed by atoms with Crippen LogP contribution in [-0.2, 0) is 5.41 Å². The van der Waals surface area contributed by atoms with Crippen LogP contribution in [0, 0.1) is 0 Å². The van der Waals surface area contributed by atoms with E-state index in [0.717, 1.165) is 27.9 Å². The van der Waals surface area contributed by atoms with E-state index in [1.165, 1.54) is 43.4 Å². The van der Waals surface area contributed by atoms with Crippen LogP contribution < -0.4 is 4.90 Å². The summed E-state index contributed by atoms with van der Waals surface area (Å²) in [6, 6.07) is 50.9. The lowest BCUT2D eigenvalue weighted by atomic mass is 9.62. The van der Waals surface area contributed by atoms with E-state index < -0.39 is 5.41 Å². The van der Waals surface area contributed by atoms with Crippen molar-refractivity contribution in [2.24, 2.45) is 0 Å². The molecule has 4 heteroatoms. The molecule has 3 nitrogen and oxygen atoms in total. The molecular weight excluding hydrogens is 567 g/mol. The summed E-state index contributed by atoms with van der Waals surface area (Å²) in [6.45, 7) is 0. The van der Waals surface area contributed by atoms with Gasteiger partial charge in [0.1, 0.15) is 0 Å². The molecule has 7 aromatic rings. The van der Waals surface area contributed by atoms with Crippen molar-refractivity contribution < 1.29 is 0 Å². The molecule has 5 aromatic carbocycles. The Labute approximate surface area is 266 Å². The number of anilines is 3. The van der Waals surface area contributed by atoms with Gasteiger partial charge in [-0.2, -0.15) is 0 Å². The molecule has 0 atom stereocenters. The van der Waals surface area contributed by atoms with E-state index in [4.69, 9.17) is 0 Å². The molecule has 0 unspecified atom stereocenters. The molecule has 0 fully saturated rings. The molecule has 0 amide bonds. The summed E-state index contributed by atoms with van der Waals surface area (Å²) < 4.78 is 0. The van der Waals surface area contributed by atoms with Crippen LogP contribution in [0.3, 0.4) is 0 Å². The number of hydrogen-bond acceptors (Lipinski definition) is 4. The molecule has 45 heavy (non-hydrogen) atoms. The van der Waals surface area contributed by atoms with Crippen LogP contribution >= 0.6 is 11.8 Å². The smallest absolute Gasteiger partial charge is 0.0764 e. The largest absolute Gasteiger partial charge is 0.310 e. The predicted octanol–water partition coefficient (Wildman–Crippen LogP) is 10.4. The van der Waals surface area contributed by atoms with Crippen molar-refractivity contribution in [3.05, 3.63) is 187 Å². The SMILES string of the molecule is c1cncc(-c2cc(-c3cccnc3)cc(N3c4ccccc4C4(c5ccccc5Sc5ccccc54)c4ccccc43)c2)c1. The summed E-state index contributed by atoms with van der Waals surface area (Å²) in [4.78, 5) is 13.9. The second-order valence-electron chi connectivity index (χ2n) is 11.5. The Kier molecular flexibility index (Phi) is 5.97. The lowest BCUT2D eigenvalue weighted by Gasteiger charge is -2.49. The molecule has 0 saturated heterocycles. The van der Waals surface area contributed by atoms with Gasteiger partial charge in [0.25, 0.3) is 0 Å². The molecule has 0 saturated carbocycles. The first-order chi connectivity index (χ1) is 22.3. The van der Waals surface area contributed by atoms with Gasteiger partial charge < -0.3 is 4.90 Å². The van der Waals surface area contributed by atoms with Crippen LogP contribution in [0.25, 0.3) is 22.3 Å². The van der Waals surface area contributed by atoms with Crippen LogP contribution in [0.4, 0.5) is 17.1 Å². The fourth-order valence-corrected chi connectivity index (χ4v) is 8.43. The minimum Gasteiger partial charge on any atom is -0.310 e. The standard InChI is InChI=1S/C41H27N3S/c1-5-17-37-33(13-1)41(35-15-3-7-19-39(35)45-40-20-8-4-16-36(40)41)34-14-2-6-18-38(34)44(37)32-24-30(28-11-9-21-42-26-28)23-31(25-32)29-12-10-22-43-27-29/h1-27H. The average molecular weight is 594 g/mol. The highest BCUT2D eigenvalue weighted by atomic mass is 32.2. The van der Waals surface area contributed by atoms with E-state index in [2.05, 4.69) is 142 Å². The number of fused-ring (bicyclic) bond motifs is 8. The minimum absolute atomic E-state index is 0.463. The van der Waals surface area contributed by atoms with E-state index in [9.17, 15) is 0 Å². The lowest BCUT2D eigenvalue weighted by molar-refractivity contribution is 0.692. The Morgan fingerprint density at radius 1 is 0.444 bits per heavy atom. The zero-order valence-electron chi connectivity index (χ0n) is 24.3. The van der Waals surface area contributed by atoms with Crippen LogP contribution in [0.1, 0.15) is 22.3 Å². The summed E-state index contributed by atoms with van der Waals surface area (Å²) in [7, 11) is 0. The van der Waals surface area contributed by atoms with Crippen LogP contribution in [-0.4, -0.2) is 9.97 Å². The predicted molar refractivity (Wildman–Crippen MR) is 184 cm³/mol. The Bertz CT molecular complexity index is 2060. The molecule has 2 aliphatic heterocycles. The monoisotopic (exact) mass is 593 g/mol. The number of aromatic nitrogens is 2. The number of nitrogens with zero attached hydrogens (tertiary/aromatic N) is 3. The molecule has 2 aliphatic rings. The van der Waals surface area contributed by atoms with Crippen molar-refractivity contribution in [1.82, 2.24) is 9.97 Å². The van der Waals surface area contributed by atoms with Crippen LogP contribution in [0.15, 0.2) is 174 Å². The molecule has 9 rings (SSSR count). The van der Waals surface area contributed by atoms with E-state index in [0.29, 0.717) is 0 Å². The number of rotatable bonds is 3. The maximum atomic E-state index is 4.45. The molecule has 0 N–H and O–H groups in total. The van der Waals surface area contributed by atoms with Gasteiger partial charge >= 0.3 is 0 Å². The molecular formula is C41H27N3S. The van der Waals surface area contributed by atoms with Gasteiger partial charge in [-0.1, -0.05) is 96.7 Å². The summed E-state index contributed by atoms with van der Waals surface area (Å²) >= 11 is 1.87. The molecule has 0 bridgehead atoms. The normalized spacial score (nSPS) is 13.8. The van der Waals surface area contributed by atoms with Gasteiger partial charge in [-0.3, -0.25) is 9.97 Å². The number of hydrogen-bond donors (Lipinski definition) is 0. The molecule has 1 spiro atoms. The third-order valence-corrected chi connectivity index (χ3v) is 10.2. The van der Waals surface area contributed by atoms with E-state index in [-0.39, 0.29) is 0 Å². The van der Waals surface area contributed by atoms with Crippen molar-refractivity contribution in [3.8, 4) is 22.3 Å². The second-order valence-corrected chi connectivity index (χ2v) is 12.5. The third-order valence-electron chi connectivity index (χ3n) is 9.07. The van der Waals surface area contributed by atoms with Gasteiger partial charge in [-0.15, -0.1) is 0 Å². The van der Waals surface area contributed by atoms with Crippen molar-refractivity contribution in [2.75, 3.05) is 4.90 Å². The summed E-state index contributed by atoms with van der Waals surface area (Å²) in [5, 5.41) is 0. The summed E-state index contributed by atoms with van der Waals surface area (Å²) in [6.07, 6.45) is 7.52. The molecule has 212 valence electrons. The van der Waals surface area contributed by atoms with E-state index in [1.807, 2.05) is 48.7 Å². The second kappa shape index (κ2) is 10.3. The Balaban J connectivity index is 1.37. The van der Waals surface area contributed by atoms with Gasteiger partial charge in [-0.25, -0.2) is 0 Å². The van der Waals surface area contributed by atoms with Gasteiger partial charge in [-0.05, 0) is 88.0 Å². The highest BCUT2D eigenvalue weighted by molar-refractivity contribution is 7.99. The lowest BCUT2D eigenvalue weighted by Crippen LogP contribution is -2.39. The van der Waals surface area contributed by atoms with Crippen molar-refractivity contribution in [2.45, 2.75) is 15.2 Å². The van der Waals surface area contributed by atoms with E-state index in [1.54, 1.807) is 0 Å². The van der Waals surface area contributed by atoms with Gasteiger partial charge in [0.15, 0.2) is 0 Å². The Morgan fingerprint density at radius 2 is 0.911 bits per heavy atom.